The highest BCUT2D eigenvalue weighted by Gasteiger charge is 2.09. The number of aromatic nitrogens is 3. The molecule has 0 bridgehead atoms. The van der Waals surface area contributed by atoms with Crippen molar-refractivity contribution >= 4 is 40.5 Å². The molecule has 2 aromatic heterocycles. The molecule has 34 heavy (non-hydrogen) atoms. The van der Waals surface area contributed by atoms with Gasteiger partial charge in [-0.1, -0.05) is 0 Å². The van der Waals surface area contributed by atoms with E-state index in [4.69, 9.17) is 0 Å². The Bertz CT molecular complexity index is 1330. The number of nitrogens with one attached hydrogen (secondary N) is 4. The summed E-state index contributed by atoms with van der Waals surface area (Å²) >= 11 is 0. The number of amides is 2. The molecule has 0 unspecified atom stereocenters. The number of halogens is 2. The molecule has 0 aliphatic heterocycles. The lowest BCUT2D eigenvalue weighted by atomic mass is 10.2. The quantitative estimate of drug-likeness (QED) is 0.285. The fourth-order valence-corrected chi connectivity index (χ4v) is 3.09. The van der Waals surface area contributed by atoms with Crippen LogP contribution in [-0.4, -0.2) is 21.0 Å². The molecular weight excluding hydrogens is 440 g/mol. The molecule has 2 aromatic carbocycles. The Morgan fingerprint density at radius 3 is 2.21 bits per heavy atom. The average molecular weight is 461 g/mol. The number of rotatable bonds is 6. The van der Waals surface area contributed by atoms with Crippen molar-refractivity contribution in [1.82, 2.24) is 15.0 Å². The second kappa shape index (κ2) is 9.90. The van der Waals surface area contributed by atoms with Crippen LogP contribution >= 0.6 is 0 Å². The van der Waals surface area contributed by atoms with Crippen molar-refractivity contribution in [1.29, 1.82) is 0 Å². The van der Waals surface area contributed by atoms with Gasteiger partial charge in [-0.05, 0) is 67.9 Å². The number of pyridine rings is 1. The number of benzene rings is 2. The Hall–Kier alpha value is -4.60. The van der Waals surface area contributed by atoms with Crippen molar-refractivity contribution < 1.29 is 13.6 Å². The molecule has 0 aliphatic carbocycles. The highest BCUT2D eigenvalue weighted by Crippen LogP contribution is 2.22. The lowest BCUT2D eigenvalue weighted by molar-refractivity contribution is 0.262. The molecule has 0 spiro atoms. The highest BCUT2D eigenvalue weighted by molar-refractivity contribution is 5.99. The number of carbonyl (C=O) groups excluding carboxylic acids is 1. The number of anilines is 6. The number of nitrogens with zero attached hydrogens (tertiary/aromatic N) is 3. The molecule has 0 radical (unpaired) electrons. The Morgan fingerprint density at radius 1 is 0.765 bits per heavy atom. The zero-order chi connectivity index (χ0) is 24.1. The zero-order valence-electron chi connectivity index (χ0n) is 18.4. The van der Waals surface area contributed by atoms with Gasteiger partial charge in [-0.15, -0.1) is 0 Å². The van der Waals surface area contributed by atoms with Crippen LogP contribution in [0.25, 0.3) is 0 Å². The molecule has 0 saturated heterocycles. The number of carbonyl (C=O) groups is 1. The van der Waals surface area contributed by atoms with E-state index in [1.807, 2.05) is 19.1 Å². The van der Waals surface area contributed by atoms with Gasteiger partial charge in [-0.25, -0.2) is 28.5 Å². The van der Waals surface area contributed by atoms with Crippen LogP contribution in [0.2, 0.25) is 0 Å². The molecule has 0 aliphatic rings. The number of hydrogen-bond donors (Lipinski definition) is 4. The van der Waals surface area contributed by atoms with Crippen LogP contribution in [0, 0.1) is 25.5 Å². The standard InChI is InChI=1S/C24H21F2N7O/c1-14-9-10-27-21(11-14)33-23-13-22(28-15(2)29-23)30-17-4-6-18(7-5-17)31-24(34)32-20-12-16(25)3-8-19(20)26/h3-13H,1-2H3,(H2,31,32,34)(H2,27,28,29,30,33). The van der Waals surface area contributed by atoms with E-state index in [0.29, 0.717) is 29.0 Å². The number of aryl methyl sites for hydroxylation is 2. The molecule has 8 nitrogen and oxygen atoms in total. The molecule has 2 heterocycles. The third-order valence-corrected chi connectivity index (χ3v) is 4.60. The van der Waals surface area contributed by atoms with Crippen LogP contribution in [0.3, 0.4) is 0 Å². The summed E-state index contributed by atoms with van der Waals surface area (Å²) in [7, 11) is 0. The lowest BCUT2D eigenvalue weighted by Gasteiger charge is -2.11. The van der Waals surface area contributed by atoms with Crippen LogP contribution < -0.4 is 21.3 Å². The predicted octanol–water partition coefficient (Wildman–Crippen LogP) is 5.90. The molecule has 4 N–H and O–H groups in total. The number of hydrogen-bond acceptors (Lipinski definition) is 6. The maximum absolute atomic E-state index is 13.7. The fourth-order valence-electron chi connectivity index (χ4n) is 3.09. The van der Waals surface area contributed by atoms with Crippen molar-refractivity contribution in [3.8, 4) is 0 Å². The first-order chi connectivity index (χ1) is 16.3. The van der Waals surface area contributed by atoms with E-state index in [1.165, 1.54) is 0 Å². The second-order valence-corrected chi connectivity index (χ2v) is 7.43. The summed E-state index contributed by atoms with van der Waals surface area (Å²) < 4.78 is 27.0. The van der Waals surface area contributed by atoms with E-state index in [9.17, 15) is 13.6 Å². The molecule has 172 valence electrons. The third kappa shape index (κ3) is 6.00. The monoisotopic (exact) mass is 461 g/mol. The second-order valence-electron chi connectivity index (χ2n) is 7.43. The van der Waals surface area contributed by atoms with Gasteiger partial charge in [0, 0.05) is 29.7 Å². The van der Waals surface area contributed by atoms with Gasteiger partial charge in [-0.3, -0.25) is 0 Å². The van der Waals surface area contributed by atoms with E-state index in [1.54, 1.807) is 43.5 Å². The van der Waals surface area contributed by atoms with Crippen LogP contribution in [0.5, 0.6) is 0 Å². The fraction of sp³-hybridized carbons (Fsp3) is 0.0833. The molecule has 0 atom stereocenters. The van der Waals surface area contributed by atoms with Gasteiger partial charge in [0.05, 0.1) is 5.69 Å². The minimum Gasteiger partial charge on any atom is -0.340 e. The first-order valence-corrected chi connectivity index (χ1v) is 10.3. The van der Waals surface area contributed by atoms with Gasteiger partial charge in [0.25, 0.3) is 0 Å². The molecular formula is C24H21F2N7O. The largest absolute Gasteiger partial charge is 0.340 e. The molecule has 0 fully saturated rings. The van der Waals surface area contributed by atoms with E-state index in [0.717, 1.165) is 29.4 Å². The summed E-state index contributed by atoms with van der Waals surface area (Å²) in [6.07, 6.45) is 1.72. The van der Waals surface area contributed by atoms with Gasteiger partial charge >= 0.3 is 6.03 Å². The number of urea groups is 1. The van der Waals surface area contributed by atoms with Crippen molar-refractivity contribution in [3.63, 3.8) is 0 Å². The van der Waals surface area contributed by atoms with E-state index < -0.39 is 17.7 Å². The van der Waals surface area contributed by atoms with Crippen LogP contribution in [0.4, 0.5) is 48.1 Å². The molecule has 10 heteroatoms. The van der Waals surface area contributed by atoms with Crippen molar-refractivity contribution in [2.45, 2.75) is 13.8 Å². The Kier molecular flexibility index (Phi) is 6.58. The van der Waals surface area contributed by atoms with Gasteiger partial charge in [-0.2, -0.15) is 0 Å². The first-order valence-electron chi connectivity index (χ1n) is 10.3. The summed E-state index contributed by atoms with van der Waals surface area (Å²) in [5.74, 6) is 1.02. The lowest BCUT2D eigenvalue weighted by Crippen LogP contribution is -2.20. The Labute approximate surface area is 194 Å². The maximum Gasteiger partial charge on any atom is 0.323 e. The predicted molar refractivity (Wildman–Crippen MR) is 128 cm³/mol. The first kappa shape index (κ1) is 22.6. The van der Waals surface area contributed by atoms with E-state index in [2.05, 4.69) is 36.2 Å². The normalized spacial score (nSPS) is 10.5. The maximum atomic E-state index is 13.7. The van der Waals surface area contributed by atoms with E-state index >= 15 is 0 Å². The smallest absolute Gasteiger partial charge is 0.323 e. The van der Waals surface area contributed by atoms with Gasteiger partial charge < -0.3 is 21.3 Å². The van der Waals surface area contributed by atoms with E-state index in [-0.39, 0.29) is 5.69 Å². The molecule has 0 saturated carbocycles. The summed E-state index contributed by atoms with van der Waals surface area (Å²) in [6, 6.07) is 14.5. The van der Waals surface area contributed by atoms with Gasteiger partial charge in [0.15, 0.2) is 0 Å². The van der Waals surface area contributed by atoms with Gasteiger partial charge in [0.1, 0.15) is 34.9 Å². The van der Waals surface area contributed by atoms with Crippen molar-refractivity contribution in [2.24, 2.45) is 0 Å². The third-order valence-electron chi connectivity index (χ3n) is 4.60. The SMILES string of the molecule is Cc1ccnc(Nc2cc(Nc3ccc(NC(=O)Nc4cc(F)ccc4F)cc3)nc(C)n2)c1. The Balaban J connectivity index is 1.40. The topological polar surface area (TPSA) is 104 Å². The Morgan fingerprint density at radius 2 is 1.47 bits per heavy atom. The minimum absolute atomic E-state index is 0.250. The zero-order valence-corrected chi connectivity index (χ0v) is 18.4. The van der Waals surface area contributed by atoms with Crippen molar-refractivity contribution in [2.75, 3.05) is 21.3 Å². The summed E-state index contributed by atoms with van der Waals surface area (Å²) in [4.78, 5) is 25.2. The van der Waals surface area contributed by atoms with Crippen molar-refractivity contribution in [3.05, 3.63) is 89.9 Å². The molecule has 4 rings (SSSR count). The summed E-state index contributed by atoms with van der Waals surface area (Å²) in [5.41, 5.74) is 2.01. The minimum atomic E-state index is -0.733. The van der Waals surface area contributed by atoms with Crippen LogP contribution in [0.1, 0.15) is 11.4 Å². The van der Waals surface area contributed by atoms with Crippen LogP contribution in [-0.2, 0) is 0 Å². The molecule has 2 amide bonds. The average Bonchev–Trinajstić information content (AvgIpc) is 2.77. The summed E-state index contributed by atoms with van der Waals surface area (Å²) in [6.45, 7) is 3.76. The van der Waals surface area contributed by atoms with Gasteiger partial charge in [0.2, 0.25) is 0 Å². The van der Waals surface area contributed by atoms with Crippen LogP contribution in [0.15, 0.2) is 66.9 Å². The highest BCUT2D eigenvalue weighted by atomic mass is 19.1. The molecule has 4 aromatic rings. The summed E-state index contributed by atoms with van der Waals surface area (Å²) in [5, 5.41) is 11.2.